The van der Waals surface area contributed by atoms with Gasteiger partial charge in [0.2, 0.25) is 0 Å². The van der Waals surface area contributed by atoms with Crippen LogP contribution in [0.3, 0.4) is 0 Å². The molecule has 0 unspecified atom stereocenters. The molecule has 0 saturated heterocycles. The third-order valence-corrected chi connectivity index (χ3v) is 2.69. The summed E-state index contributed by atoms with van der Waals surface area (Å²) in [6.45, 7) is 0.923. The molecule has 1 aromatic carbocycles. The quantitative estimate of drug-likeness (QED) is 0.710. The molecule has 0 amide bonds. The monoisotopic (exact) mass is 231 g/mol. The first kappa shape index (κ1) is 11.6. The number of para-hydroxylation sites is 1. The Balaban J connectivity index is 2.49. The molecule has 17 heavy (non-hydrogen) atoms. The SMILES string of the molecule is NCCc1nn(-c2ccccc2)c(N)c1CN. The van der Waals surface area contributed by atoms with Gasteiger partial charge in [0.1, 0.15) is 5.82 Å². The van der Waals surface area contributed by atoms with E-state index in [1.807, 2.05) is 30.3 Å². The van der Waals surface area contributed by atoms with Gasteiger partial charge in [-0.3, -0.25) is 0 Å². The third kappa shape index (κ3) is 2.15. The molecule has 0 bridgehead atoms. The molecule has 5 nitrogen and oxygen atoms in total. The Morgan fingerprint density at radius 3 is 2.41 bits per heavy atom. The summed E-state index contributed by atoms with van der Waals surface area (Å²) in [6.07, 6.45) is 0.691. The molecule has 6 N–H and O–H groups in total. The van der Waals surface area contributed by atoms with E-state index >= 15 is 0 Å². The molecular weight excluding hydrogens is 214 g/mol. The van der Waals surface area contributed by atoms with Crippen molar-refractivity contribution in [3.63, 3.8) is 0 Å². The van der Waals surface area contributed by atoms with Crippen molar-refractivity contribution in [3.8, 4) is 5.69 Å². The lowest BCUT2D eigenvalue weighted by atomic mass is 10.2. The summed E-state index contributed by atoms with van der Waals surface area (Å²) in [5, 5.41) is 4.47. The zero-order chi connectivity index (χ0) is 12.3. The fourth-order valence-electron chi connectivity index (χ4n) is 1.84. The van der Waals surface area contributed by atoms with Crippen molar-refractivity contribution in [2.24, 2.45) is 11.5 Å². The van der Waals surface area contributed by atoms with Crippen LogP contribution in [-0.4, -0.2) is 16.3 Å². The predicted molar refractivity (Wildman–Crippen MR) is 68.6 cm³/mol. The minimum Gasteiger partial charge on any atom is -0.383 e. The number of anilines is 1. The molecule has 1 heterocycles. The second-order valence-electron chi connectivity index (χ2n) is 3.80. The minimum atomic E-state index is 0.383. The average molecular weight is 231 g/mol. The van der Waals surface area contributed by atoms with E-state index in [0.29, 0.717) is 25.3 Å². The lowest BCUT2D eigenvalue weighted by molar-refractivity contribution is 0.823. The van der Waals surface area contributed by atoms with Crippen molar-refractivity contribution >= 4 is 5.82 Å². The van der Waals surface area contributed by atoms with Gasteiger partial charge in [0.15, 0.2) is 0 Å². The van der Waals surface area contributed by atoms with Gasteiger partial charge in [-0.15, -0.1) is 0 Å². The Morgan fingerprint density at radius 2 is 1.82 bits per heavy atom. The zero-order valence-electron chi connectivity index (χ0n) is 9.63. The maximum absolute atomic E-state index is 6.06. The second kappa shape index (κ2) is 4.99. The molecule has 5 heteroatoms. The second-order valence-corrected chi connectivity index (χ2v) is 3.80. The summed E-state index contributed by atoms with van der Waals surface area (Å²) in [7, 11) is 0. The highest BCUT2D eigenvalue weighted by Gasteiger charge is 2.14. The van der Waals surface area contributed by atoms with Crippen LogP contribution in [0.15, 0.2) is 30.3 Å². The van der Waals surface area contributed by atoms with Gasteiger partial charge in [-0.05, 0) is 18.7 Å². The van der Waals surface area contributed by atoms with E-state index in [1.165, 1.54) is 0 Å². The smallest absolute Gasteiger partial charge is 0.131 e. The fraction of sp³-hybridized carbons (Fsp3) is 0.250. The van der Waals surface area contributed by atoms with Crippen molar-refractivity contribution in [2.45, 2.75) is 13.0 Å². The molecule has 2 rings (SSSR count). The number of hydrogen-bond donors (Lipinski definition) is 3. The topological polar surface area (TPSA) is 95.9 Å². The Bertz CT molecular complexity index is 489. The standard InChI is InChI=1S/C12H17N5/c13-7-6-11-10(8-14)12(15)17(16-11)9-4-2-1-3-5-9/h1-5H,6-8,13-15H2. The van der Waals surface area contributed by atoms with Gasteiger partial charge in [-0.1, -0.05) is 18.2 Å². The van der Waals surface area contributed by atoms with Crippen LogP contribution in [-0.2, 0) is 13.0 Å². The molecule has 2 aromatic rings. The summed E-state index contributed by atoms with van der Waals surface area (Å²) >= 11 is 0. The van der Waals surface area contributed by atoms with Crippen LogP contribution in [0, 0.1) is 0 Å². The maximum atomic E-state index is 6.06. The molecule has 0 spiro atoms. The van der Waals surface area contributed by atoms with Crippen LogP contribution in [0.1, 0.15) is 11.3 Å². The number of nitrogen functional groups attached to an aromatic ring is 1. The molecule has 0 saturated carbocycles. The number of aromatic nitrogens is 2. The van der Waals surface area contributed by atoms with Gasteiger partial charge < -0.3 is 17.2 Å². The van der Waals surface area contributed by atoms with E-state index in [0.717, 1.165) is 16.9 Å². The lowest BCUT2D eigenvalue weighted by Crippen LogP contribution is -2.07. The van der Waals surface area contributed by atoms with Crippen molar-refractivity contribution in [3.05, 3.63) is 41.6 Å². The van der Waals surface area contributed by atoms with Gasteiger partial charge in [-0.2, -0.15) is 5.10 Å². The van der Waals surface area contributed by atoms with Crippen LogP contribution < -0.4 is 17.2 Å². The van der Waals surface area contributed by atoms with Crippen LogP contribution in [0.2, 0.25) is 0 Å². The molecule has 0 fully saturated rings. The fourth-order valence-corrected chi connectivity index (χ4v) is 1.84. The average Bonchev–Trinajstić information content (AvgIpc) is 2.67. The van der Waals surface area contributed by atoms with Gasteiger partial charge in [0.25, 0.3) is 0 Å². The zero-order valence-corrected chi connectivity index (χ0v) is 9.63. The first-order chi connectivity index (χ1) is 8.27. The van der Waals surface area contributed by atoms with Crippen LogP contribution in [0.5, 0.6) is 0 Å². The lowest BCUT2D eigenvalue weighted by Gasteiger charge is -2.03. The first-order valence-corrected chi connectivity index (χ1v) is 5.59. The van der Waals surface area contributed by atoms with Gasteiger partial charge >= 0.3 is 0 Å². The maximum Gasteiger partial charge on any atom is 0.131 e. The van der Waals surface area contributed by atoms with E-state index in [4.69, 9.17) is 17.2 Å². The third-order valence-electron chi connectivity index (χ3n) is 2.69. The highest BCUT2D eigenvalue weighted by Crippen LogP contribution is 2.20. The van der Waals surface area contributed by atoms with E-state index in [-0.39, 0.29) is 0 Å². The van der Waals surface area contributed by atoms with E-state index in [2.05, 4.69) is 5.10 Å². The summed E-state index contributed by atoms with van der Waals surface area (Å²) in [4.78, 5) is 0. The van der Waals surface area contributed by atoms with Gasteiger partial charge in [0.05, 0.1) is 11.4 Å². The Hall–Kier alpha value is -1.85. The summed E-state index contributed by atoms with van der Waals surface area (Å²) in [6, 6.07) is 9.75. The predicted octanol–water partition coefficient (Wildman–Crippen LogP) is 0.414. The van der Waals surface area contributed by atoms with Gasteiger partial charge in [0, 0.05) is 18.5 Å². The van der Waals surface area contributed by atoms with E-state index < -0.39 is 0 Å². The highest BCUT2D eigenvalue weighted by atomic mass is 15.3. The summed E-state index contributed by atoms with van der Waals surface area (Å²) in [5.74, 6) is 0.599. The molecule has 0 atom stereocenters. The van der Waals surface area contributed by atoms with Crippen LogP contribution in [0.4, 0.5) is 5.82 Å². The van der Waals surface area contributed by atoms with Crippen molar-refractivity contribution < 1.29 is 0 Å². The molecule has 0 aliphatic heterocycles. The first-order valence-electron chi connectivity index (χ1n) is 5.59. The largest absolute Gasteiger partial charge is 0.383 e. The van der Waals surface area contributed by atoms with Crippen molar-refractivity contribution in [2.75, 3.05) is 12.3 Å². The molecule has 90 valence electrons. The number of nitrogens with zero attached hydrogens (tertiary/aromatic N) is 2. The molecule has 0 aliphatic rings. The summed E-state index contributed by atoms with van der Waals surface area (Å²) in [5.41, 5.74) is 20.0. The Kier molecular flexibility index (Phi) is 3.41. The van der Waals surface area contributed by atoms with Crippen molar-refractivity contribution in [1.82, 2.24) is 9.78 Å². The summed E-state index contributed by atoms with van der Waals surface area (Å²) < 4.78 is 1.72. The minimum absolute atomic E-state index is 0.383. The van der Waals surface area contributed by atoms with Crippen molar-refractivity contribution in [1.29, 1.82) is 0 Å². The van der Waals surface area contributed by atoms with Crippen LogP contribution >= 0.6 is 0 Å². The molecule has 1 aromatic heterocycles. The number of rotatable bonds is 4. The van der Waals surface area contributed by atoms with E-state index in [9.17, 15) is 0 Å². The molecule has 0 aliphatic carbocycles. The normalized spacial score (nSPS) is 10.7. The van der Waals surface area contributed by atoms with Gasteiger partial charge in [-0.25, -0.2) is 4.68 Å². The van der Waals surface area contributed by atoms with Crippen LogP contribution in [0.25, 0.3) is 5.69 Å². The highest BCUT2D eigenvalue weighted by molar-refractivity contribution is 5.50. The number of nitrogens with two attached hydrogens (primary N) is 3. The number of hydrogen-bond acceptors (Lipinski definition) is 4. The Morgan fingerprint density at radius 1 is 1.12 bits per heavy atom. The van der Waals surface area contributed by atoms with E-state index in [1.54, 1.807) is 4.68 Å². The molecule has 0 radical (unpaired) electrons. The molecular formula is C12H17N5. The Labute approximate surface area is 100 Å². The number of benzene rings is 1.